The Bertz CT molecular complexity index is 457. The zero-order valence-electron chi connectivity index (χ0n) is 12.4. The molecule has 4 nitrogen and oxygen atoms in total. The first kappa shape index (κ1) is 14.6. The molecule has 2 heterocycles. The normalized spacial score (nSPS) is 20.5. The molecular formula is C16H24FN3O. The molecule has 0 aromatic heterocycles. The number of halogens is 1. The van der Waals surface area contributed by atoms with E-state index in [1.54, 1.807) is 6.07 Å². The monoisotopic (exact) mass is 293 g/mol. The number of nitrogens with one attached hydrogen (secondary N) is 2. The highest BCUT2D eigenvalue weighted by molar-refractivity contribution is 5.56. The van der Waals surface area contributed by atoms with Crippen LogP contribution in [0, 0.1) is 11.7 Å². The van der Waals surface area contributed by atoms with Gasteiger partial charge in [0.05, 0.1) is 18.9 Å². The number of piperidine rings is 1. The van der Waals surface area contributed by atoms with Crippen LogP contribution in [-0.2, 0) is 4.74 Å². The van der Waals surface area contributed by atoms with Crippen LogP contribution in [0.15, 0.2) is 18.2 Å². The summed E-state index contributed by atoms with van der Waals surface area (Å²) < 4.78 is 19.6. The van der Waals surface area contributed by atoms with Crippen molar-refractivity contribution in [2.45, 2.75) is 12.8 Å². The summed E-state index contributed by atoms with van der Waals surface area (Å²) in [6.07, 6.45) is 2.39. The van der Waals surface area contributed by atoms with Crippen LogP contribution < -0.4 is 15.5 Å². The Morgan fingerprint density at radius 3 is 2.71 bits per heavy atom. The standard InChI is InChI=1S/C16H24FN3O/c17-15-11-14(19-12-13-3-5-18-6-4-13)1-2-16(15)20-7-9-21-10-8-20/h1-2,11,13,18-19H,3-10,12H2. The third-order valence-corrected chi connectivity index (χ3v) is 4.35. The minimum atomic E-state index is -0.146. The fraction of sp³-hybridized carbons (Fsp3) is 0.625. The van der Waals surface area contributed by atoms with Crippen LogP contribution in [0.4, 0.5) is 15.8 Å². The van der Waals surface area contributed by atoms with E-state index in [1.165, 1.54) is 12.8 Å². The van der Waals surface area contributed by atoms with Crippen LogP contribution in [-0.4, -0.2) is 45.9 Å². The number of morpholine rings is 1. The summed E-state index contributed by atoms with van der Waals surface area (Å²) in [7, 11) is 0. The molecule has 116 valence electrons. The first-order valence-electron chi connectivity index (χ1n) is 7.90. The van der Waals surface area contributed by atoms with Crippen molar-refractivity contribution in [2.24, 2.45) is 5.92 Å². The number of ether oxygens (including phenoxy) is 1. The number of rotatable bonds is 4. The summed E-state index contributed by atoms with van der Waals surface area (Å²) >= 11 is 0. The molecule has 2 saturated heterocycles. The highest BCUT2D eigenvalue weighted by Gasteiger charge is 2.16. The molecule has 0 amide bonds. The van der Waals surface area contributed by atoms with Crippen LogP contribution in [0.5, 0.6) is 0 Å². The Kier molecular flexibility index (Phi) is 4.93. The molecule has 1 aromatic carbocycles. The zero-order chi connectivity index (χ0) is 14.5. The van der Waals surface area contributed by atoms with Crippen molar-refractivity contribution >= 4 is 11.4 Å². The summed E-state index contributed by atoms with van der Waals surface area (Å²) in [6, 6.07) is 5.48. The second-order valence-electron chi connectivity index (χ2n) is 5.84. The summed E-state index contributed by atoms with van der Waals surface area (Å²) in [5.74, 6) is 0.542. The van der Waals surface area contributed by atoms with Gasteiger partial charge in [-0.15, -0.1) is 0 Å². The summed E-state index contributed by atoms with van der Waals surface area (Å²) in [4.78, 5) is 2.05. The number of anilines is 2. The van der Waals surface area contributed by atoms with Crippen LogP contribution >= 0.6 is 0 Å². The maximum atomic E-state index is 14.3. The van der Waals surface area contributed by atoms with E-state index in [-0.39, 0.29) is 5.82 Å². The van der Waals surface area contributed by atoms with Crippen LogP contribution in [0.2, 0.25) is 0 Å². The molecule has 3 rings (SSSR count). The van der Waals surface area contributed by atoms with E-state index in [1.807, 2.05) is 12.1 Å². The molecular weight excluding hydrogens is 269 g/mol. The van der Waals surface area contributed by atoms with Crippen molar-refractivity contribution in [2.75, 3.05) is 56.2 Å². The topological polar surface area (TPSA) is 36.5 Å². The van der Waals surface area contributed by atoms with Gasteiger partial charge in [0.2, 0.25) is 0 Å². The van der Waals surface area contributed by atoms with E-state index in [0.29, 0.717) is 24.8 Å². The molecule has 0 bridgehead atoms. The lowest BCUT2D eigenvalue weighted by molar-refractivity contribution is 0.122. The average Bonchev–Trinajstić information content (AvgIpc) is 2.55. The van der Waals surface area contributed by atoms with Crippen molar-refractivity contribution in [1.82, 2.24) is 5.32 Å². The SMILES string of the molecule is Fc1cc(NCC2CCNCC2)ccc1N1CCOCC1. The Hall–Kier alpha value is -1.33. The maximum absolute atomic E-state index is 14.3. The fourth-order valence-corrected chi connectivity index (χ4v) is 3.03. The predicted molar refractivity (Wildman–Crippen MR) is 83.5 cm³/mol. The highest BCUT2D eigenvalue weighted by atomic mass is 19.1. The number of benzene rings is 1. The van der Waals surface area contributed by atoms with E-state index in [2.05, 4.69) is 15.5 Å². The molecule has 0 saturated carbocycles. The summed E-state index contributed by atoms with van der Waals surface area (Å²) in [5, 5.41) is 6.74. The lowest BCUT2D eigenvalue weighted by Crippen LogP contribution is -2.36. The summed E-state index contributed by atoms with van der Waals surface area (Å²) in [5.41, 5.74) is 1.56. The van der Waals surface area contributed by atoms with E-state index in [9.17, 15) is 4.39 Å². The smallest absolute Gasteiger partial charge is 0.148 e. The first-order chi connectivity index (χ1) is 10.3. The number of hydrogen-bond donors (Lipinski definition) is 2. The third-order valence-electron chi connectivity index (χ3n) is 4.35. The van der Waals surface area contributed by atoms with Gasteiger partial charge in [0.25, 0.3) is 0 Å². The molecule has 0 spiro atoms. The van der Waals surface area contributed by atoms with E-state index in [4.69, 9.17) is 4.74 Å². The second kappa shape index (κ2) is 7.09. The van der Waals surface area contributed by atoms with Gasteiger partial charge in [-0.3, -0.25) is 0 Å². The third kappa shape index (κ3) is 3.86. The Morgan fingerprint density at radius 2 is 2.00 bits per heavy atom. The van der Waals surface area contributed by atoms with Gasteiger partial charge in [0.1, 0.15) is 5.82 Å². The zero-order valence-corrected chi connectivity index (χ0v) is 12.4. The molecule has 5 heteroatoms. The van der Waals surface area contributed by atoms with Gasteiger partial charge in [-0.25, -0.2) is 4.39 Å². The Balaban J connectivity index is 1.58. The van der Waals surface area contributed by atoms with E-state index < -0.39 is 0 Å². The van der Waals surface area contributed by atoms with Gasteiger partial charge >= 0.3 is 0 Å². The number of nitrogens with zero attached hydrogens (tertiary/aromatic N) is 1. The molecule has 0 unspecified atom stereocenters. The summed E-state index contributed by atoms with van der Waals surface area (Å²) in [6.45, 7) is 5.99. The molecule has 0 radical (unpaired) electrons. The van der Waals surface area contributed by atoms with Gasteiger partial charge < -0.3 is 20.3 Å². The van der Waals surface area contributed by atoms with Crippen LogP contribution in [0.3, 0.4) is 0 Å². The van der Waals surface area contributed by atoms with Gasteiger partial charge in [-0.1, -0.05) is 0 Å². The molecule has 0 atom stereocenters. The Morgan fingerprint density at radius 1 is 1.24 bits per heavy atom. The van der Waals surface area contributed by atoms with E-state index in [0.717, 1.165) is 38.4 Å². The van der Waals surface area contributed by atoms with Crippen LogP contribution in [0.25, 0.3) is 0 Å². The lowest BCUT2D eigenvalue weighted by atomic mass is 9.98. The van der Waals surface area contributed by atoms with Crippen molar-refractivity contribution < 1.29 is 9.13 Å². The molecule has 0 aliphatic carbocycles. The minimum absolute atomic E-state index is 0.146. The van der Waals surface area contributed by atoms with Crippen molar-refractivity contribution in [3.8, 4) is 0 Å². The minimum Gasteiger partial charge on any atom is -0.385 e. The quantitative estimate of drug-likeness (QED) is 0.891. The molecule has 1 aromatic rings. The van der Waals surface area contributed by atoms with Crippen molar-refractivity contribution in [1.29, 1.82) is 0 Å². The van der Waals surface area contributed by atoms with Gasteiger partial charge in [-0.05, 0) is 50.0 Å². The molecule has 21 heavy (non-hydrogen) atoms. The predicted octanol–water partition coefficient (Wildman–Crippen LogP) is 2.07. The van der Waals surface area contributed by atoms with E-state index >= 15 is 0 Å². The van der Waals surface area contributed by atoms with Gasteiger partial charge in [0, 0.05) is 25.3 Å². The molecule has 2 aliphatic rings. The molecule has 2 fully saturated rings. The maximum Gasteiger partial charge on any atom is 0.148 e. The Labute approximate surface area is 125 Å². The lowest BCUT2D eigenvalue weighted by Gasteiger charge is -2.29. The molecule has 2 N–H and O–H groups in total. The van der Waals surface area contributed by atoms with Crippen LogP contribution in [0.1, 0.15) is 12.8 Å². The molecule has 2 aliphatic heterocycles. The highest BCUT2D eigenvalue weighted by Crippen LogP contribution is 2.24. The fourth-order valence-electron chi connectivity index (χ4n) is 3.03. The first-order valence-corrected chi connectivity index (χ1v) is 7.90. The largest absolute Gasteiger partial charge is 0.385 e. The van der Waals surface area contributed by atoms with Gasteiger partial charge in [-0.2, -0.15) is 0 Å². The van der Waals surface area contributed by atoms with Crippen molar-refractivity contribution in [3.63, 3.8) is 0 Å². The second-order valence-corrected chi connectivity index (χ2v) is 5.84. The van der Waals surface area contributed by atoms with Gasteiger partial charge in [0.15, 0.2) is 0 Å². The average molecular weight is 293 g/mol. The number of hydrogen-bond acceptors (Lipinski definition) is 4. The van der Waals surface area contributed by atoms with Crippen molar-refractivity contribution in [3.05, 3.63) is 24.0 Å².